The Labute approximate surface area is 139 Å². The van der Waals surface area contributed by atoms with E-state index in [1.54, 1.807) is 4.52 Å². The molecular formula is C18H18N6. The zero-order valence-corrected chi connectivity index (χ0v) is 13.6. The minimum absolute atomic E-state index is 0.359. The summed E-state index contributed by atoms with van der Waals surface area (Å²) < 4.78 is 1.74. The number of nitrogens with zero attached hydrogens (tertiary/aromatic N) is 5. The highest BCUT2D eigenvalue weighted by atomic mass is 15.5. The van der Waals surface area contributed by atoms with Crippen molar-refractivity contribution in [2.45, 2.75) is 19.8 Å². The summed E-state index contributed by atoms with van der Waals surface area (Å²) >= 11 is 0. The molecule has 6 nitrogen and oxygen atoms in total. The molecule has 4 rings (SSSR count). The zero-order valence-electron chi connectivity index (χ0n) is 13.6. The number of anilines is 1. The molecule has 0 bridgehead atoms. The summed E-state index contributed by atoms with van der Waals surface area (Å²) in [5, 5.41) is 15.4. The van der Waals surface area contributed by atoms with E-state index in [1.807, 2.05) is 31.2 Å². The smallest absolute Gasteiger partial charge is 0.222 e. The van der Waals surface area contributed by atoms with Gasteiger partial charge in [0.15, 0.2) is 5.82 Å². The van der Waals surface area contributed by atoms with Gasteiger partial charge in [0.1, 0.15) is 0 Å². The molecule has 0 saturated heterocycles. The highest BCUT2D eigenvalue weighted by molar-refractivity contribution is 5.82. The van der Waals surface area contributed by atoms with Gasteiger partial charge in [0, 0.05) is 6.54 Å². The van der Waals surface area contributed by atoms with E-state index in [0.717, 1.165) is 23.1 Å². The van der Waals surface area contributed by atoms with Crippen LogP contribution in [0.5, 0.6) is 0 Å². The van der Waals surface area contributed by atoms with E-state index < -0.39 is 0 Å². The Balaban J connectivity index is 1.68. The number of hydrogen-bond donors (Lipinski definition) is 1. The molecule has 0 spiro atoms. The summed E-state index contributed by atoms with van der Waals surface area (Å²) in [6.07, 6.45) is 0. The summed E-state index contributed by atoms with van der Waals surface area (Å²) in [5.74, 6) is 1.07. The molecule has 4 aromatic rings. The number of fused-ring (bicyclic) bond motifs is 3. The van der Waals surface area contributed by atoms with E-state index in [2.05, 4.69) is 52.0 Å². The summed E-state index contributed by atoms with van der Waals surface area (Å²) in [6, 6.07) is 16.5. The Morgan fingerprint density at radius 1 is 1.12 bits per heavy atom. The van der Waals surface area contributed by atoms with Crippen molar-refractivity contribution in [2.75, 3.05) is 11.9 Å². The van der Waals surface area contributed by atoms with E-state index in [-0.39, 0.29) is 0 Å². The molecule has 2 aromatic heterocycles. The van der Waals surface area contributed by atoms with Crippen LogP contribution in [-0.2, 0) is 0 Å². The third kappa shape index (κ3) is 2.56. The van der Waals surface area contributed by atoms with Crippen molar-refractivity contribution in [1.29, 1.82) is 0 Å². The van der Waals surface area contributed by atoms with Gasteiger partial charge in [0.2, 0.25) is 5.65 Å². The fourth-order valence-corrected chi connectivity index (χ4v) is 2.83. The van der Waals surface area contributed by atoms with Crippen LogP contribution in [0.25, 0.3) is 16.7 Å². The molecular weight excluding hydrogens is 300 g/mol. The Morgan fingerprint density at radius 3 is 2.79 bits per heavy atom. The highest BCUT2D eigenvalue weighted by Gasteiger charge is 2.13. The van der Waals surface area contributed by atoms with Crippen LogP contribution in [0.15, 0.2) is 48.5 Å². The molecule has 6 heteroatoms. The average molecular weight is 318 g/mol. The quantitative estimate of drug-likeness (QED) is 0.626. The predicted molar refractivity (Wildman–Crippen MR) is 94.2 cm³/mol. The Kier molecular flexibility index (Phi) is 3.57. The maximum Gasteiger partial charge on any atom is 0.222 e. The van der Waals surface area contributed by atoms with Crippen LogP contribution in [0, 0.1) is 6.92 Å². The lowest BCUT2D eigenvalue weighted by molar-refractivity contribution is 0.801. The lowest BCUT2D eigenvalue weighted by Gasteiger charge is -2.14. The third-order valence-electron chi connectivity index (χ3n) is 4.22. The summed E-state index contributed by atoms with van der Waals surface area (Å²) in [5.41, 5.74) is 4.87. The van der Waals surface area contributed by atoms with Crippen molar-refractivity contribution < 1.29 is 0 Å². The van der Waals surface area contributed by atoms with Gasteiger partial charge in [-0.25, -0.2) is 4.98 Å². The van der Waals surface area contributed by atoms with Crippen LogP contribution in [0.3, 0.4) is 0 Å². The van der Waals surface area contributed by atoms with Crippen LogP contribution < -0.4 is 5.32 Å². The summed E-state index contributed by atoms with van der Waals surface area (Å²) in [7, 11) is 0. The average Bonchev–Trinajstić information content (AvgIpc) is 3.10. The van der Waals surface area contributed by atoms with Gasteiger partial charge < -0.3 is 5.32 Å². The molecule has 0 fully saturated rings. The summed E-state index contributed by atoms with van der Waals surface area (Å²) in [4.78, 5) is 4.71. The SMILES string of the molecule is Cc1ccc2nc(NCC(C)c3ccccc3)c3nnnn3c2c1. The van der Waals surface area contributed by atoms with E-state index >= 15 is 0 Å². The first-order chi connectivity index (χ1) is 11.7. The van der Waals surface area contributed by atoms with Crippen LogP contribution in [0.2, 0.25) is 0 Å². The number of rotatable bonds is 4. The molecule has 0 aliphatic rings. The number of benzene rings is 2. The zero-order chi connectivity index (χ0) is 16.5. The standard InChI is InChI=1S/C18H18N6/c1-12-8-9-15-16(10-12)24-18(21-22-23-24)17(20-15)19-11-13(2)14-6-4-3-5-7-14/h3-10,13H,11H2,1-2H3,(H,19,20). The van der Waals surface area contributed by atoms with E-state index in [9.17, 15) is 0 Å². The maximum atomic E-state index is 4.71. The largest absolute Gasteiger partial charge is 0.366 e. The molecule has 0 aliphatic heterocycles. The second kappa shape index (κ2) is 5.88. The molecule has 0 amide bonds. The molecule has 120 valence electrons. The van der Waals surface area contributed by atoms with Gasteiger partial charge >= 0.3 is 0 Å². The maximum absolute atomic E-state index is 4.71. The molecule has 0 saturated carbocycles. The monoisotopic (exact) mass is 318 g/mol. The lowest BCUT2D eigenvalue weighted by atomic mass is 10.0. The molecule has 0 aliphatic carbocycles. The highest BCUT2D eigenvalue weighted by Crippen LogP contribution is 2.21. The Bertz CT molecular complexity index is 992. The molecule has 1 N–H and O–H groups in total. The lowest BCUT2D eigenvalue weighted by Crippen LogP contribution is -2.12. The van der Waals surface area contributed by atoms with Crippen molar-refractivity contribution in [1.82, 2.24) is 25.0 Å². The fraction of sp³-hybridized carbons (Fsp3) is 0.222. The Hall–Kier alpha value is -3.02. The number of tetrazole rings is 1. The van der Waals surface area contributed by atoms with Crippen LogP contribution in [0.4, 0.5) is 5.82 Å². The molecule has 1 unspecified atom stereocenters. The number of aryl methyl sites for hydroxylation is 1. The first-order valence-corrected chi connectivity index (χ1v) is 7.99. The predicted octanol–water partition coefficient (Wildman–Crippen LogP) is 3.20. The first-order valence-electron chi connectivity index (χ1n) is 7.99. The van der Waals surface area contributed by atoms with Gasteiger partial charge in [0.05, 0.1) is 11.0 Å². The Morgan fingerprint density at radius 2 is 1.96 bits per heavy atom. The van der Waals surface area contributed by atoms with Gasteiger partial charge in [-0.15, -0.1) is 5.10 Å². The second-order valence-corrected chi connectivity index (χ2v) is 6.06. The molecule has 2 aromatic carbocycles. The fourth-order valence-electron chi connectivity index (χ4n) is 2.83. The van der Waals surface area contributed by atoms with Crippen LogP contribution >= 0.6 is 0 Å². The van der Waals surface area contributed by atoms with Crippen LogP contribution in [0.1, 0.15) is 24.0 Å². The number of aromatic nitrogens is 5. The first kappa shape index (κ1) is 14.6. The molecule has 24 heavy (non-hydrogen) atoms. The number of hydrogen-bond acceptors (Lipinski definition) is 5. The molecule has 1 atom stereocenters. The molecule has 2 heterocycles. The third-order valence-corrected chi connectivity index (χ3v) is 4.22. The normalized spacial score (nSPS) is 12.6. The van der Waals surface area contributed by atoms with Gasteiger partial charge in [-0.3, -0.25) is 0 Å². The second-order valence-electron chi connectivity index (χ2n) is 6.06. The van der Waals surface area contributed by atoms with Gasteiger partial charge in [-0.2, -0.15) is 4.52 Å². The minimum atomic E-state index is 0.359. The van der Waals surface area contributed by atoms with E-state index in [4.69, 9.17) is 4.98 Å². The van der Waals surface area contributed by atoms with Gasteiger partial charge in [-0.05, 0) is 46.5 Å². The van der Waals surface area contributed by atoms with E-state index in [0.29, 0.717) is 17.4 Å². The molecule has 0 radical (unpaired) electrons. The summed E-state index contributed by atoms with van der Waals surface area (Å²) in [6.45, 7) is 4.99. The number of nitrogens with one attached hydrogen (secondary N) is 1. The minimum Gasteiger partial charge on any atom is -0.366 e. The van der Waals surface area contributed by atoms with Crippen molar-refractivity contribution in [3.05, 3.63) is 59.7 Å². The van der Waals surface area contributed by atoms with Crippen molar-refractivity contribution >= 4 is 22.5 Å². The van der Waals surface area contributed by atoms with Crippen molar-refractivity contribution in [3.8, 4) is 0 Å². The van der Waals surface area contributed by atoms with Crippen LogP contribution in [-0.4, -0.2) is 31.6 Å². The topological polar surface area (TPSA) is 68.0 Å². The van der Waals surface area contributed by atoms with Gasteiger partial charge in [0.25, 0.3) is 0 Å². The van der Waals surface area contributed by atoms with Crippen molar-refractivity contribution in [3.63, 3.8) is 0 Å². The van der Waals surface area contributed by atoms with Gasteiger partial charge in [-0.1, -0.05) is 43.3 Å². The van der Waals surface area contributed by atoms with Crippen molar-refractivity contribution in [2.24, 2.45) is 0 Å². The van der Waals surface area contributed by atoms with E-state index in [1.165, 1.54) is 5.56 Å².